The van der Waals surface area contributed by atoms with Crippen molar-refractivity contribution in [2.45, 2.75) is 19.4 Å². The van der Waals surface area contributed by atoms with E-state index in [0.717, 1.165) is 15.6 Å². The molecule has 144 valence electrons. The lowest BCUT2D eigenvalue weighted by molar-refractivity contribution is -0.128. The number of nitrogen functional groups attached to an aromatic ring is 1. The first-order valence-electron chi connectivity index (χ1n) is 8.54. The van der Waals surface area contributed by atoms with E-state index in [-0.39, 0.29) is 11.7 Å². The standard InChI is InChI=1S/C21H20BrN3O2S/c1-21(2,27-17-8-6-15(22)7-9-17)20(26)25-16-5-3-4-13(10-16)14-11-18(19(23)24)28-12-14/h3-12H,1-2H3,(H3,23,24)(H,25,26). The van der Waals surface area contributed by atoms with Gasteiger partial charge in [-0.3, -0.25) is 10.2 Å². The van der Waals surface area contributed by atoms with Crippen LogP contribution in [0, 0.1) is 5.41 Å². The van der Waals surface area contributed by atoms with Crippen molar-refractivity contribution in [1.29, 1.82) is 5.41 Å². The van der Waals surface area contributed by atoms with Crippen LogP contribution in [0.25, 0.3) is 11.1 Å². The molecule has 0 spiro atoms. The van der Waals surface area contributed by atoms with Gasteiger partial charge in [0.15, 0.2) is 5.60 Å². The number of hydrogen-bond acceptors (Lipinski definition) is 4. The van der Waals surface area contributed by atoms with Crippen LogP contribution in [0.3, 0.4) is 0 Å². The predicted molar refractivity (Wildman–Crippen MR) is 118 cm³/mol. The van der Waals surface area contributed by atoms with Gasteiger partial charge in [0, 0.05) is 10.2 Å². The third-order valence-corrected chi connectivity index (χ3v) is 5.54. The number of carbonyl (C=O) groups excluding carboxylic acids is 1. The van der Waals surface area contributed by atoms with Crippen LogP contribution in [-0.4, -0.2) is 17.3 Å². The maximum atomic E-state index is 12.8. The van der Waals surface area contributed by atoms with E-state index in [2.05, 4.69) is 21.2 Å². The smallest absolute Gasteiger partial charge is 0.267 e. The molecule has 4 N–H and O–H groups in total. The van der Waals surface area contributed by atoms with Crippen LogP contribution in [0.15, 0.2) is 64.5 Å². The fourth-order valence-electron chi connectivity index (χ4n) is 2.53. The predicted octanol–water partition coefficient (Wildman–Crippen LogP) is 5.26. The number of anilines is 1. The summed E-state index contributed by atoms with van der Waals surface area (Å²) in [6, 6.07) is 16.8. The summed E-state index contributed by atoms with van der Waals surface area (Å²) in [6.45, 7) is 3.46. The third kappa shape index (κ3) is 4.79. The van der Waals surface area contributed by atoms with E-state index in [0.29, 0.717) is 16.3 Å². The van der Waals surface area contributed by atoms with Gasteiger partial charge in [0.05, 0.1) is 4.88 Å². The number of nitrogens with two attached hydrogens (primary N) is 1. The number of thiophene rings is 1. The zero-order chi connectivity index (χ0) is 20.3. The van der Waals surface area contributed by atoms with E-state index in [1.165, 1.54) is 11.3 Å². The number of nitrogens with one attached hydrogen (secondary N) is 2. The Labute approximate surface area is 176 Å². The van der Waals surface area contributed by atoms with Crippen LogP contribution in [0.1, 0.15) is 18.7 Å². The Balaban J connectivity index is 1.74. The van der Waals surface area contributed by atoms with Crippen LogP contribution < -0.4 is 15.8 Å². The summed E-state index contributed by atoms with van der Waals surface area (Å²) in [5, 5.41) is 12.4. The highest BCUT2D eigenvalue weighted by Crippen LogP contribution is 2.28. The third-order valence-electron chi connectivity index (χ3n) is 4.05. The molecule has 0 bridgehead atoms. The number of carbonyl (C=O) groups is 1. The molecule has 5 nitrogen and oxygen atoms in total. The molecule has 2 aromatic carbocycles. The second kappa shape index (κ2) is 8.16. The molecule has 0 atom stereocenters. The summed E-state index contributed by atoms with van der Waals surface area (Å²) in [5.41, 5.74) is 7.06. The topological polar surface area (TPSA) is 88.2 Å². The number of amidine groups is 1. The van der Waals surface area contributed by atoms with Crippen molar-refractivity contribution < 1.29 is 9.53 Å². The van der Waals surface area contributed by atoms with Crippen molar-refractivity contribution in [2.75, 3.05) is 5.32 Å². The maximum absolute atomic E-state index is 12.8. The monoisotopic (exact) mass is 457 g/mol. The van der Waals surface area contributed by atoms with Gasteiger partial charge >= 0.3 is 0 Å². The van der Waals surface area contributed by atoms with Gasteiger partial charge < -0.3 is 15.8 Å². The Kier molecular flexibility index (Phi) is 5.86. The van der Waals surface area contributed by atoms with Gasteiger partial charge in [-0.25, -0.2) is 0 Å². The first kappa shape index (κ1) is 20.1. The average Bonchev–Trinajstić information content (AvgIpc) is 3.14. The van der Waals surface area contributed by atoms with Crippen molar-refractivity contribution in [1.82, 2.24) is 0 Å². The van der Waals surface area contributed by atoms with E-state index < -0.39 is 5.60 Å². The Morgan fingerprint density at radius 1 is 1.14 bits per heavy atom. The van der Waals surface area contributed by atoms with E-state index in [9.17, 15) is 4.79 Å². The Hall–Kier alpha value is -2.64. The van der Waals surface area contributed by atoms with E-state index >= 15 is 0 Å². The molecule has 1 heterocycles. The maximum Gasteiger partial charge on any atom is 0.267 e. The van der Waals surface area contributed by atoms with Crippen LogP contribution >= 0.6 is 27.3 Å². The Morgan fingerprint density at radius 3 is 2.50 bits per heavy atom. The molecule has 7 heteroatoms. The minimum Gasteiger partial charge on any atom is -0.478 e. The molecular weight excluding hydrogens is 438 g/mol. The van der Waals surface area contributed by atoms with Crippen molar-refractivity contribution >= 4 is 44.7 Å². The number of halogens is 1. The molecule has 0 saturated heterocycles. The molecule has 0 radical (unpaired) electrons. The molecule has 0 aliphatic heterocycles. The van der Waals surface area contributed by atoms with Gasteiger partial charge in [-0.15, -0.1) is 11.3 Å². The zero-order valence-electron chi connectivity index (χ0n) is 15.5. The SMILES string of the molecule is CC(C)(Oc1ccc(Br)cc1)C(=O)Nc1cccc(-c2csc(C(=N)N)c2)c1. The van der Waals surface area contributed by atoms with Crippen LogP contribution in [0.5, 0.6) is 5.75 Å². The van der Waals surface area contributed by atoms with Gasteiger partial charge in [0.2, 0.25) is 0 Å². The highest BCUT2D eigenvalue weighted by Gasteiger charge is 2.30. The van der Waals surface area contributed by atoms with Gasteiger partial charge in [0.25, 0.3) is 5.91 Å². The second-order valence-corrected chi connectivity index (χ2v) is 8.54. The summed E-state index contributed by atoms with van der Waals surface area (Å²) in [7, 11) is 0. The van der Waals surface area contributed by atoms with Gasteiger partial charge in [0.1, 0.15) is 11.6 Å². The van der Waals surface area contributed by atoms with Crippen LogP contribution in [-0.2, 0) is 4.79 Å². The van der Waals surface area contributed by atoms with Crippen molar-refractivity contribution in [3.63, 3.8) is 0 Å². The Bertz CT molecular complexity index is 1010. The molecule has 0 unspecified atom stereocenters. The quantitative estimate of drug-likeness (QED) is 0.348. The minimum absolute atomic E-state index is 0.0487. The number of hydrogen-bond donors (Lipinski definition) is 3. The highest BCUT2D eigenvalue weighted by molar-refractivity contribution is 9.10. The second-order valence-electron chi connectivity index (χ2n) is 6.71. The van der Waals surface area contributed by atoms with Crippen LogP contribution in [0.2, 0.25) is 0 Å². The normalized spacial score (nSPS) is 11.1. The molecule has 28 heavy (non-hydrogen) atoms. The average molecular weight is 458 g/mol. The lowest BCUT2D eigenvalue weighted by Crippen LogP contribution is -2.42. The fraction of sp³-hybridized carbons (Fsp3) is 0.143. The van der Waals surface area contributed by atoms with Crippen LogP contribution in [0.4, 0.5) is 5.69 Å². The molecule has 3 aromatic rings. The van der Waals surface area contributed by atoms with Gasteiger partial charge in [-0.2, -0.15) is 0 Å². The van der Waals surface area contributed by atoms with Crippen molar-refractivity contribution in [2.24, 2.45) is 5.73 Å². The van der Waals surface area contributed by atoms with E-state index in [1.807, 2.05) is 60.0 Å². The lowest BCUT2D eigenvalue weighted by Gasteiger charge is -2.25. The molecular formula is C21H20BrN3O2S. The van der Waals surface area contributed by atoms with E-state index in [4.69, 9.17) is 15.9 Å². The Morgan fingerprint density at radius 2 is 1.86 bits per heavy atom. The van der Waals surface area contributed by atoms with Gasteiger partial charge in [-0.05, 0) is 72.8 Å². The largest absolute Gasteiger partial charge is 0.478 e. The number of benzene rings is 2. The molecule has 0 saturated carbocycles. The molecule has 1 aromatic heterocycles. The van der Waals surface area contributed by atoms with Crippen molar-refractivity contribution in [3.8, 4) is 16.9 Å². The minimum atomic E-state index is -1.05. The summed E-state index contributed by atoms with van der Waals surface area (Å²) < 4.78 is 6.81. The summed E-state index contributed by atoms with van der Waals surface area (Å²) in [5.74, 6) is 0.419. The van der Waals surface area contributed by atoms with E-state index in [1.54, 1.807) is 13.8 Å². The highest BCUT2D eigenvalue weighted by atomic mass is 79.9. The first-order valence-corrected chi connectivity index (χ1v) is 10.2. The summed E-state index contributed by atoms with van der Waals surface area (Å²) >= 11 is 4.80. The molecule has 1 amide bonds. The number of amides is 1. The summed E-state index contributed by atoms with van der Waals surface area (Å²) in [6.07, 6.45) is 0. The first-order chi connectivity index (χ1) is 13.2. The number of rotatable bonds is 6. The fourth-order valence-corrected chi connectivity index (χ4v) is 3.57. The molecule has 0 fully saturated rings. The molecule has 0 aliphatic rings. The molecule has 3 rings (SSSR count). The lowest BCUT2D eigenvalue weighted by atomic mass is 10.1. The zero-order valence-corrected chi connectivity index (χ0v) is 17.9. The van der Waals surface area contributed by atoms with Gasteiger partial charge in [-0.1, -0.05) is 28.1 Å². The van der Waals surface area contributed by atoms with Crippen molar-refractivity contribution in [3.05, 3.63) is 69.3 Å². The molecule has 0 aliphatic carbocycles. The number of ether oxygens (including phenoxy) is 1. The summed E-state index contributed by atoms with van der Waals surface area (Å²) in [4.78, 5) is 13.5.